The van der Waals surface area contributed by atoms with E-state index in [4.69, 9.17) is 10.2 Å². The number of furan rings is 1. The number of hydrogen-bond acceptors (Lipinski definition) is 3. The lowest BCUT2D eigenvalue weighted by atomic mass is 10.2. The average molecular weight is 244 g/mol. The maximum Gasteiger partial charge on any atom is 0.127 e. The molecule has 2 rings (SSSR count). The van der Waals surface area contributed by atoms with Crippen molar-refractivity contribution in [2.24, 2.45) is 5.73 Å². The molecule has 3 N–H and O–H groups in total. The highest BCUT2D eigenvalue weighted by Gasteiger charge is 2.13. The molecule has 3 heteroatoms. The Morgan fingerprint density at radius 2 is 2.11 bits per heavy atom. The minimum absolute atomic E-state index is 0.0205. The third-order valence-corrected chi connectivity index (χ3v) is 2.97. The Bertz CT molecular complexity index is 505. The van der Waals surface area contributed by atoms with Crippen LogP contribution in [0.2, 0.25) is 0 Å². The Hall–Kier alpha value is -1.74. The largest absolute Gasteiger partial charge is 0.464 e. The fourth-order valence-corrected chi connectivity index (χ4v) is 1.95. The molecule has 0 fully saturated rings. The zero-order valence-electron chi connectivity index (χ0n) is 10.9. The molecule has 0 amide bonds. The van der Waals surface area contributed by atoms with Gasteiger partial charge < -0.3 is 15.5 Å². The summed E-state index contributed by atoms with van der Waals surface area (Å²) in [5.74, 6) is 1.89. The van der Waals surface area contributed by atoms with Gasteiger partial charge in [-0.05, 0) is 36.8 Å². The van der Waals surface area contributed by atoms with E-state index in [1.54, 1.807) is 0 Å². The molecule has 1 aromatic heterocycles. The number of aryl methyl sites for hydroxylation is 2. The van der Waals surface area contributed by atoms with Gasteiger partial charge in [0.2, 0.25) is 0 Å². The van der Waals surface area contributed by atoms with Crippen molar-refractivity contribution in [3.8, 4) is 0 Å². The van der Waals surface area contributed by atoms with Gasteiger partial charge in [0.25, 0.3) is 0 Å². The van der Waals surface area contributed by atoms with Crippen molar-refractivity contribution < 1.29 is 4.42 Å². The standard InChI is InChI=1S/C15H20N2O/c1-3-13-7-8-15(18-13)14(10-16)17-12-6-4-5-11(2)9-12/h4-9,14,17H,3,10,16H2,1-2H3. The van der Waals surface area contributed by atoms with Gasteiger partial charge in [0.15, 0.2) is 0 Å². The summed E-state index contributed by atoms with van der Waals surface area (Å²) in [5.41, 5.74) is 8.11. The Morgan fingerprint density at radius 1 is 1.28 bits per heavy atom. The molecule has 1 aromatic carbocycles. The van der Waals surface area contributed by atoms with Crippen LogP contribution in [0.5, 0.6) is 0 Å². The van der Waals surface area contributed by atoms with Crippen LogP contribution in [-0.2, 0) is 6.42 Å². The van der Waals surface area contributed by atoms with Crippen LogP contribution in [0.3, 0.4) is 0 Å². The Labute approximate surface area is 108 Å². The van der Waals surface area contributed by atoms with E-state index < -0.39 is 0 Å². The van der Waals surface area contributed by atoms with E-state index in [0.29, 0.717) is 6.54 Å². The van der Waals surface area contributed by atoms with E-state index in [1.807, 2.05) is 24.3 Å². The molecule has 2 aromatic rings. The van der Waals surface area contributed by atoms with Gasteiger partial charge in [0.05, 0.1) is 6.04 Å². The van der Waals surface area contributed by atoms with Crippen molar-refractivity contribution in [3.05, 3.63) is 53.5 Å². The summed E-state index contributed by atoms with van der Waals surface area (Å²) in [7, 11) is 0. The van der Waals surface area contributed by atoms with Gasteiger partial charge in [-0.3, -0.25) is 0 Å². The number of anilines is 1. The van der Waals surface area contributed by atoms with Crippen LogP contribution >= 0.6 is 0 Å². The summed E-state index contributed by atoms with van der Waals surface area (Å²) in [5, 5.41) is 3.40. The molecule has 3 nitrogen and oxygen atoms in total. The number of nitrogens with two attached hydrogens (primary N) is 1. The molecule has 1 heterocycles. The molecule has 0 aliphatic carbocycles. The van der Waals surface area contributed by atoms with E-state index in [9.17, 15) is 0 Å². The second-order valence-electron chi connectivity index (χ2n) is 4.46. The molecule has 18 heavy (non-hydrogen) atoms. The minimum Gasteiger partial charge on any atom is -0.464 e. The van der Waals surface area contributed by atoms with Crippen molar-refractivity contribution in [1.82, 2.24) is 0 Å². The van der Waals surface area contributed by atoms with Crippen molar-refractivity contribution in [1.29, 1.82) is 0 Å². The lowest BCUT2D eigenvalue weighted by Gasteiger charge is -2.16. The molecule has 1 atom stereocenters. The normalized spacial score (nSPS) is 12.4. The van der Waals surface area contributed by atoms with E-state index >= 15 is 0 Å². The van der Waals surface area contributed by atoms with Gasteiger partial charge in [0, 0.05) is 18.7 Å². The predicted octanol–water partition coefficient (Wildman–Crippen LogP) is 3.26. The third-order valence-electron chi connectivity index (χ3n) is 2.97. The van der Waals surface area contributed by atoms with Crippen LogP contribution < -0.4 is 11.1 Å². The van der Waals surface area contributed by atoms with Crippen LogP contribution in [0.1, 0.15) is 30.0 Å². The Morgan fingerprint density at radius 3 is 2.72 bits per heavy atom. The first-order chi connectivity index (χ1) is 8.72. The first kappa shape index (κ1) is 12.7. The summed E-state index contributed by atoms with van der Waals surface area (Å²) in [6.45, 7) is 4.66. The van der Waals surface area contributed by atoms with Crippen molar-refractivity contribution >= 4 is 5.69 Å². The van der Waals surface area contributed by atoms with Gasteiger partial charge in [0.1, 0.15) is 11.5 Å². The molecule has 1 unspecified atom stereocenters. The molecule has 0 aliphatic rings. The average Bonchev–Trinajstić information content (AvgIpc) is 2.84. The second-order valence-corrected chi connectivity index (χ2v) is 4.46. The number of hydrogen-bond donors (Lipinski definition) is 2. The van der Waals surface area contributed by atoms with Crippen LogP contribution in [-0.4, -0.2) is 6.54 Å². The highest BCUT2D eigenvalue weighted by Crippen LogP contribution is 2.21. The van der Waals surface area contributed by atoms with Gasteiger partial charge in [-0.25, -0.2) is 0 Å². The van der Waals surface area contributed by atoms with Crippen molar-refractivity contribution in [3.63, 3.8) is 0 Å². The first-order valence-electron chi connectivity index (χ1n) is 6.34. The molecule has 0 saturated carbocycles. The molecule has 0 spiro atoms. The number of rotatable bonds is 5. The summed E-state index contributed by atoms with van der Waals surface area (Å²) in [4.78, 5) is 0. The lowest BCUT2D eigenvalue weighted by molar-refractivity contribution is 0.448. The van der Waals surface area contributed by atoms with Crippen LogP contribution in [0.4, 0.5) is 5.69 Å². The van der Waals surface area contributed by atoms with Gasteiger partial charge in [-0.15, -0.1) is 0 Å². The summed E-state index contributed by atoms with van der Waals surface area (Å²) in [6.07, 6.45) is 0.905. The lowest BCUT2D eigenvalue weighted by Crippen LogP contribution is -2.20. The molecular weight excluding hydrogens is 224 g/mol. The van der Waals surface area contributed by atoms with Crippen LogP contribution in [0.15, 0.2) is 40.8 Å². The van der Waals surface area contributed by atoms with Crippen molar-refractivity contribution in [2.75, 3.05) is 11.9 Å². The summed E-state index contributed by atoms with van der Waals surface area (Å²) < 4.78 is 5.75. The summed E-state index contributed by atoms with van der Waals surface area (Å²) >= 11 is 0. The topological polar surface area (TPSA) is 51.2 Å². The molecule has 0 bridgehead atoms. The number of benzene rings is 1. The maximum absolute atomic E-state index is 5.82. The molecule has 0 saturated heterocycles. The Balaban J connectivity index is 2.14. The zero-order chi connectivity index (χ0) is 13.0. The van der Waals surface area contributed by atoms with Crippen LogP contribution in [0, 0.1) is 6.92 Å². The predicted molar refractivity (Wildman–Crippen MR) is 74.7 cm³/mol. The molecule has 96 valence electrons. The quantitative estimate of drug-likeness (QED) is 0.848. The SMILES string of the molecule is CCc1ccc(C(CN)Nc2cccc(C)c2)o1. The monoisotopic (exact) mass is 244 g/mol. The first-order valence-corrected chi connectivity index (χ1v) is 6.34. The summed E-state index contributed by atoms with van der Waals surface area (Å²) in [6, 6.07) is 12.3. The van der Waals surface area contributed by atoms with E-state index in [1.165, 1.54) is 5.56 Å². The molecule has 0 aliphatic heterocycles. The van der Waals surface area contributed by atoms with Crippen LogP contribution in [0.25, 0.3) is 0 Å². The highest BCUT2D eigenvalue weighted by atomic mass is 16.3. The fraction of sp³-hybridized carbons (Fsp3) is 0.333. The Kier molecular flexibility index (Phi) is 4.05. The highest BCUT2D eigenvalue weighted by molar-refractivity contribution is 5.47. The van der Waals surface area contributed by atoms with E-state index in [2.05, 4.69) is 31.3 Å². The smallest absolute Gasteiger partial charge is 0.127 e. The molecule has 0 radical (unpaired) electrons. The minimum atomic E-state index is 0.0205. The van der Waals surface area contributed by atoms with Gasteiger partial charge >= 0.3 is 0 Å². The van der Waals surface area contributed by atoms with Crippen molar-refractivity contribution in [2.45, 2.75) is 26.3 Å². The van der Waals surface area contributed by atoms with Gasteiger partial charge in [-0.1, -0.05) is 19.1 Å². The molecular formula is C15H20N2O. The second kappa shape index (κ2) is 5.74. The van der Waals surface area contributed by atoms with E-state index in [0.717, 1.165) is 23.6 Å². The van der Waals surface area contributed by atoms with E-state index in [-0.39, 0.29) is 6.04 Å². The fourth-order valence-electron chi connectivity index (χ4n) is 1.95. The third kappa shape index (κ3) is 2.93. The number of nitrogens with one attached hydrogen (secondary N) is 1. The zero-order valence-corrected chi connectivity index (χ0v) is 10.9. The maximum atomic E-state index is 5.82. The van der Waals surface area contributed by atoms with Gasteiger partial charge in [-0.2, -0.15) is 0 Å².